The summed E-state index contributed by atoms with van der Waals surface area (Å²) in [6.07, 6.45) is 0.798. The lowest BCUT2D eigenvalue weighted by Crippen LogP contribution is -2.54. The smallest absolute Gasteiger partial charge is 0.409 e. The monoisotopic (exact) mass is 489 g/mol. The third-order valence-electron chi connectivity index (χ3n) is 4.47. The second-order valence-corrected chi connectivity index (χ2v) is 6.26. The Balaban J connectivity index is 0.00000364. The molecule has 8 heteroatoms. The molecule has 0 bridgehead atoms. The topological polar surface area (TPSA) is 60.4 Å². The molecule has 0 aliphatic carbocycles. The first-order valence-electron chi connectivity index (χ1n) is 9.29. The summed E-state index contributed by atoms with van der Waals surface area (Å²) in [5, 5.41) is 3.43. The Bertz CT molecular complexity index is 577. The lowest BCUT2D eigenvalue weighted by molar-refractivity contribution is 0.0914. The van der Waals surface area contributed by atoms with E-state index in [0.29, 0.717) is 19.7 Å². The number of hydrogen-bond donors (Lipinski definition) is 1. The van der Waals surface area contributed by atoms with Gasteiger partial charge in [0.1, 0.15) is 0 Å². The van der Waals surface area contributed by atoms with Gasteiger partial charge in [-0.1, -0.05) is 18.2 Å². The minimum Gasteiger partial charge on any atom is -0.450 e. The van der Waals surface area contributed by atoms with E-state index in [9.17, 15) is 4.79 Å². The standard InChI is InChI=1S/C19H31N5O2.HI/c1-4-26-19(25)24-15-13-23(14-16-24)18(20-2)21-11-8-12-22(3)17-9-6-5-7-10-17;/h5-7,9-10H,4,8,11-16H2,1-3H3,(H,20,21);1H. The number of rotatable bonds is 6. The Morgan fingerprint density at radius 2 is 1.81 bits per heavy atom. The van der Waals surface area contributed by atoms with Crippen LogP contribution >= 0.6 is 24.0 Å². The first-order chi connectivity index (χ1) is 12.7. The van der Waals surface area contributed by atoms with Crippen molar-refractivity contribution in [3.05, 3.63) is 30.3 Å². The highest BCUT2D eigenvalue weighted by atomic mass is 127. The zero-order chi connectivity index (χ0) is 18.8. The maximum absolute atomic E-state index is 11.8. The average Bonchev–Trinajstić information content (AvgIpc) is 2.69. The van der Waals surface area contributed by atoms with Gasteiger partial charge in [0.2, 0.25) is 0 Å². The van der Waals surface area contributed by atoms with Crippen molar-refractivity contribution in [1.29, 1.82) is 0 Å². The zero-order valence-electron chi connectivity index (χ0n) is 16.6. The SMILES string of the molecule is CCOC(=O)N1CCN(C(=NC)NCCCN(C)c2ccccc2)CC1.I. The van der Waals surface area contributed by atoms with Crippen molar-refractivity contribution < 1.29 is 9.53 Å². The molecule has 1 aromatic rings. The van der Waals surface area contributed by atoms with Crippen LogP contribution in [-0.2, 0) is 4.74 Å². The van der Waals surface area contributed by atoms with Gasteiger partial charge in [-0.3, -0.25) is 4.99 Å². The quantitative estimate of drug-likeness (QED) is 0.288. The number of ether oxygens (including phenoxy) is 1. The van der Waals surface area contributed by atoms with Crippen LogP contribution in [0.4, 0.5) is 10.5 Å². The molecule has 1 saturated heterocycles. The summed E-state index contributed by atoms with van der Waals surface area (Å²) in [5.74, 6) is 0.899. The van der Waals surface area contributed by atoms with Crippen LogP contribution < -0.4 is 10.2 Å². The van der Waals surface area contributed by atoms with Gasteiger partial charge >= 0.3 is 6.09 Å². The summed E-state index contributed by atoms with van der Waals surface area (Å²) in [6, 6.07) is 10.4. The summed E-state index contributed by atoms with van der Waals surface area (Å²) in [7, 11) is 3.91. The first-order valence-corrected chi connectivity index (χ1v) is 9.29. The highest BCUT2D eigenvalue weighted by molar-refractivity contribution is 14.0. The molecule has 1 aromatic carbocycles. The van der Waals surface area contributed by atoms with Crippen LogP contribution in [0.1, 0.15) is 13.3 Å². The van der Waals surface area contributed by atoms with Crippen molar-refractivity contribution in [3.8, 4) is 0 Å². The minimum absolute atomic E-state index is 0. The van der Waals surface area contributed by atoms with E-state index in [2.05, 4.69) is 51.4 Å². The van der Waals surface area contributed by atoms with Gasteiger partial charge in [-0.05, 0) is 25.5 Å². The second kappa shape index (κ2) is 12.6. The van der Waals surface area contributed by atoms with E-state index in [4.69, 9.17) is 4.74 Å². The van der Waals surface area contributed by atoms with Crippen LogP contribution in [0.2, 0.25) is 0 Å². The third-order valence-corrected chi connectivity index (χ3v) is 4.47. The van der Waals surface area contributed by atoms with Gasteiger partial charge in [0, 0.05) is 59.1 Å². The van der Waals surface area contributed by atoms with Crippen molar-refractivity contribution >= 4 is 41.7 Å². The summed E-state index contributed by atoms with van der Waals surface area (Å²) in [4.78, 5) is 22.3. The van der Waals surface area contributed by atoms with Crippen LogP contribution in [0, 0.1) is 0 Å². The normalized spacial score (nSPS) is 14.4. The van der Waals surface area contributed by atoms with Gasteiger partial charge in [0.25, 0.3) is 0 Å². The lowest BCUT2D eigenvalue weighted by Gasteiger charge is -2.35. The van der Waals surface area contributed by atoms with E-state index in [1.54, 1.807) is 11.9 Å². The zero-order valence-corrected chi connectivity index (χ0v) is 18.9. The number of aliphatic imine (C=N–C) groups is 1. The molecule has 0 unspecified atom stereocenters. The Hall–Kier alpha value is -1.71. The molecule has 7 nitrogen and oxygen atoms in total. The molecule has 1 aliphatic heterocycles. The molecule has 152 valence electrons. The van der Waals surface area contributed by atoms with Crippen molar-refractivity contribution in [2.75, 3.05) is 64.9 Å². The highest BCUT2D eigenvalue weighted by Gasteiger charge is 2.23. The Labute approximate surface area is 179 Å². The van der Waals surface area contributed by atoms with Crippen molar-refractivity contribution in [1.82, 2.24) is 15.1 Å². The molecule has 27 heavy (non-hydrogen) atoms. The van der Waals surface area contributed by atoms with E-state index in [0.717, 1.165) is 38.6 Å². The first kappa shape index (κ1) is 23.3. The number of nitrogens with zero attached hydrogens (tertiary/aromatic N) is 4. The molecular formula is C19H32IN5O2. The molecule has 1 N–H and O–H groups in total. The van der Waals surface area contributed by atoms with Crippen LogP contribution in [0.3, 0.4) is 0 Å². The largest absolute Gasteiger partial charge is 0.450 e. The number of hydrogen-bond acceptors (Lipinski definition) is 4. The van der Waals surface area contributed by atoms with Gasteiger partial charge in [-0.15, -0.1) is 24.0 Å². The Morgan fingerprint density at radius 3 is 2.41 bits per heavy atom. The minimum atomic E-state index is -0.223. The number of anilines is 1. The van der Waals surface area contributed by atoms with Crippen LogP contribution in [0.25, 0.3) is 0 Å². The summed E-state index contributed by atoms with van der Waals surface area (Å²) < 4.78 is 5.06. The van der Waals surface area contributed by atoms with Crippen molar-refractivity contribution in [2.24, 2.45) is 4.99 Å². The fraction of sp³-hybridized carbons (Fsp3) is 0.579. The number of nitrogens with one attached hydrogen (secondary N) is 1. The molecule has 1 amide bonds. The van der Waals surface area contributed by atoms with E-state index in [1.807, 2.05) is 13.0 Å². The second-order valence-electron chi connectivity index (χ2n) is 6.26. The Morgan fingerprint density at radius 1 is 1.19 bits per heavy atom. The van der Waals surface area contributed by atoms with Crippen LogP contribution in [0.5, 0.6) is 0 Å². The van der Waals surface area contributed by atoms with Crippen LogP contribution in [-0.4, -0.2) is 81.8 Å². The summed E-state index contributed by atoms with van der Waals surface area (Å²) in [6.45, 7) is 6.94. The summed E-state index contributed by atoms with van der Waals surface area (Å²) in [5.41, 5.74) is 1.23. The predicted molar refractivity (Wildman–Crippen MR) is 121 cm³/mol. The predicted octanol–water partition coefficient (Wildman–Crippen LogP) is 2.48. The number of halogens is 1. The molecule has 0 spiro atoms. The number of carbonyl (C=O) groups excluding carboxylic acids is 1. The maximum atomic E-state index is 11.8. The van der Waals surface area contributed by atoms with Gasteiger partial charge < -0.3 is 24.8 Å². The van der Waals surface area contributed by atoms with Gasteiger partial charge in [0.15, 0.2) is 5.96 Å². The third kappa shape index (κ3) is 7.43. The highest BCUT2D eigenvalue weighted by Crippen LogP contribution is 2.10. The molecular weight excluding hydrogens is 457 g/mol. The number of amides is 1. The van der Waals surface area contributed by atoms with Gasteiger partial charge in [-0.2, -0.15) is 0 Å². The van der Waals surface area contributed by atoms with Crippen molar-refractivity contribution in [2.45, 2.75) is 13.3 Å². The van der Waals surface area contributed by atoms with E-state index >= 15 is 0 Å². The molecule has 2 rings (SSSR count). The molecule has 0 saturated carbocycles. The number of para-hydroxylation sites is 1. The average molecular weight is 489 g/mol. The van der Waals surface area contributed by atoms with E-state index in [-0.39, 0.29) is 30.1 Å². The number of guanidine groups is 1. The van der Waals surface area contributed by atoms with Gasteiger partial charge in [0.05, 0.1) is 6.61 Å². The lowest BCUT2D eigenvalue weighted by atomic mass is 10.3. The molecule has 1 aliphatic rings. The molecule has 0 aromatic heterocycles. The van der Waals surface area contributed by atoms with Gasteiger partial charge in [-0.25, -0.2) is 4.79 Å². The Kier molecular flexibility index (Phi) is 10.9. The molecule has 1 fully saturated rings. The number of benzene rings is 1. The number of piperazine rings is 1. The summed E-state index contributed by atoms with van der Waals surface area (Å²) >= 11 is 0. The van der Waals surface area contributed by atoms with E-state index < -0.39 is 0 Å². The molecule has 0 radical (unpaired) electrons. The van der Waals surface area contributed by atoms with Crippen molar-refractivity contribution in [3.63, 3.8) is 0 Å². The maximum Gasteiger partial charge on any atom is 0.409 e. The molecule has 0 atom stereocenters. The fourth-order valence-corrected chi connectivity index (χ4v) is 2.98. The fourth-order valence-electron chi connectivity index (χ4n) is 2.98. The number of carbonyl (C=O) groups is 1. The van der Waals surface area contributed by atoms with Crippen LogP contribution in [0.15, 0.2) is 35.3 Å². The molecule has 1 heterocycles. The van der Waals surface area contributed by atoms with E-state index in [1.165, 1.54) is 5.69 Å².